The Morgan fingerprint density at radius 1 is 0.765 bits per heavy atom. The second-order valence-corrected chi connectivity index (χ2v) is 11.2. The average molecular weight is 471 g/mol. The molecule has 0 aromatic heterocycles. The Morgan fingerprint density at radius 3 is 2.09 bits per heavy atom. The number of rotatable bonds is 10. The van der Waals surface area contributed by atoms with Gasteiger partial charge in [-0.3, -0.25) is 0 Å². The highest BCUT2D eigenvalue weighted by molar-refractivity contribution is 5.85. The average Bonchev–Trinajstić information content (AvgIpc) is 2.87. The predicted octanol–water partition coefficient (Wildman–Crippen LogP) is 9.64. The molecule has 0 amide bonds. The lowest BCUT2D eigenvalue weighted by molar-refractivity contribution is 0.120. The second-order valence-electron chi connectivity index (χ2n) is 11.2. The van der Waals surface area contributed by atoms with Gasteiger partial charge in [0.25, 0.3) is 0 Å². The number of benzene rings is 2. The van der Waals surface area contributed by atoms with E-state index in [2.05, 4.69) is 13.8 Å². The van der Waals surface area contributed by atoms with E-state index in [1.807, 2.05) is 18.2 Å². The lowest BCUT2D eigenvalue weighted by atomic mass is 9.69. The summed E-state index contributed by atoms with van der Waals surface area (Å²) in [5, 5.41) is 1.09. The van der Waals surface area contributed by atoms with Crippen LogP contribution in [-0.4, -0.2) is 6.61 Å². The number of aryl methyl sites for hydroxylation is 1. The number of ether oxygens (including phenoxy) is 1. The maximum absolute atomic E-state index is 14.9. The molecule has 0 N–H and O–H groups in total. The van der Waals surface area contributed by atoms with Crippen LogP contribution in [0.4, 0.5) is 8.78 Å². The van der Waals surface area contributed by atoms with Crippen molar-refractivity contribution in [3.05, 3.63) is 41.5 Å². The van der Waals surface area contributed by atoms with Gasteiger partial charge in [0.15, 0.2) is 11.6 Å². The van der Waals surface area contributed by atoms with Crippen LogP contribution in [0.3, 0.4) is 0 Å². The van der Waals surface area contributed by atoms with Gasteiger partial charge in [0.1, 0.15) is 0 Å². The zero-order chi connectivity index (χ0) is 23.9. The summed E-state index contributed by atoms with van der Waals surface area (Å²) in [6.07, 6.45) is 17.5. The van der Waals surface area contributed by atoms with Crippen LogP contribution in [0.15, 0.2) is 24.3 Å². The molecule has 188 valence electrons. The Balaban J connectivity index is 1.29. The van der Waals surface area contributed by atoms with Crippen LogP contribution in [0.2, 0.25) is 0 Å². The Kier molecular flexibility index (Phi) is 9.25. The van der Waals surface area contributed by atoms with Crippen molar-refractivity contribution in [2.75, 3.05) is 6.61 Å². The minimum absolute atomic E-state index is 0.0695. The summed E-state index contributed by atoms with van der Waals surface area (Å²) in [6, 6.07) is 7.44. The van der Waals surface area contributed by atoms with E-state index in [4.69, 9.17) is 4.74 Å². The van der Waals surface area contributed by atoms with Crippen LogP contribution in [0.1, 0.15) is 103 Å². The highest BCUT2D eigenvalue weighted by Gasteiger charge is 2.31. The summed E-state index contributed by atoms with van der Waals surface area (Å²) in [5.74, 6) is 1.65. The zero-order valence-electron chi connectivity index (χ0n) is 21.4. The van der Waals surface area contributed by atoms with Crippen LogP contribution in [0.5, 0.6) is 5.75 Å². The van der Waals surface area contributed by atoms with Crippen LogP contribution < -0.4 is 4.74 Å². The number of fused-ring (bicyclic) bond motifs is 1. The van der Waals surface area contributed by atoms with E-state index in [9.17, 15) is 8.78 Å². The van der Waals surface area contributed by atoms with Gasteiger partial charge in [0.05, 0.1) is 6.61 Å². The van der Waals surface area contributed by atoms with Crippen molar-refractivity contribution in [3.8, 4) is 5.75 Å². The summed E-state index contributed by atoms with van der Waals surface area (Å²) < 4.78 is 35.6. The summed E-state index contributed by atoms with van der Waals surface area (Å²) in [4.78, 5) is 0. The third-order valence-corrected chi connectivity index (χ3v) is 8.74. The fourth-order valence-corrected chi connectivity index (χ4v) is 6.58. The lowest BCUT2D eigenvalue weighted by Crippen LogP contribution is -2.27. The topological polar surface area (TPSA) is 9.23 Å². The molecule has 0 atom stereocenters. The smallest absolute Gasteiger partial charge is 0.201 e. The van der Waals surface area contributed by atoms with Crippen LogP contribution in [0, 0.1) is 35.3 Å². The molecule has 0 bridgehead atoms. The molecule has 2 aromatic rings. The standard InChI is InChI=1S/C31H44F2O/c1-3-5-6-8-23-11-18-27-20-29(31(33)30(32)28(27)19-23)34-21-24-12-16-26(17-13-24)25-14-9-22(7-4-2)10-15-25/h11,18-20,22,24-26H,3-10,12-17,21H2,1-2H3. The van der Waals surface area contributed by atoms with E-state index >= 15 is 0 Å². The van der Waals surface area contributed by atoms with E-state index < -0.39 is 11.6 Å². The largest absolute Gasteiger partial charge is 0.490 e. The molecular formula is C31H44F2O. The zero-order valence-corrected chi connectivity index (χ0v) is 21.4. The third kappa shape index (κ3) is 6.32. The summed E-state index contributed by atoms with van der Waals surface area (Å²) in [5.41, 5.74) is 1.07. The number of hydrogen-bond donors (Lipinski definition) is 0. The Hall–Kier alpha value is -1.64. The van der Waals surface area contributed by atoms with Gasteiger partial charge in [0, 0.05) is 5.39 Å². The number of unbranched alkanes of at least 4 members (excludes halogenated alkanes) is 2. The molecule has 3 heteroatoms. The highest BCUT2D eigenvalue weighted by Crippen LogP contribution is 2.42. The first-order chi connectivity index (χ1) is 16.6. The van der Waals surface area contributed by atoms with Crippen molar-refractivity contribution in [3.63, 3.8) is 0 Å². The molecule has 0 saturated heterocycles. The van der Waals surface area contributed by atoms with Crippen molar-refractivity contribution in [2.24, 2.45) is 23.7 Å². The van der Waals surface area contributed by atoms with Gasteiger partial charge < -0.3 is 4.74 Å². The minimum Gasteiger partial charge on any atom is -0.490 e. The first kappa shape index (κ1) is 25.5. The summed E-state index contributed by atoms with van der Waals surface area (Å²) in [6.45, 7) is 4.97. The molecule has 2 aliphatic rings. The molecule has 1 nitrogen and oxygen atoms in total. The molecule has 2 fully saturated rings. The summed E-state index contributed by atoms with van der Waals surface area (Å²) in [7, 11) is 0. The van der Waals surface area contributed by atoms with Crippen molar-refractivity contribution < 1.29 is 13.5 Å². The molecule has 2 aliphatic carbocycles. The maximum atomic E-state index is 14.9. The van der Waals surface area contributed by atoms with E-state index in [0.29, 0.717) is 17.9 Å². The monoisotopic (exact) mass is 470 g/mol. The van der Waals surface area contributed by atoms with Gasteiger partial charge in [-0.15, -0.1) is 0 Å². The highest BCUT2D eigenvalue weighted by atomic mass is 19.2. The molecule has 2 aromatic carbocycles. The number of halogens is 2. The van der Waals surface area contributed by atoms with Gasteiger partial charge >= 0.3 is 0 Å². The number of hydrogen-bond acceptors (Lipinski definition) is 1. The molecule has 0 radical (unpaired) electrons. The molecular weight excluding hydrogens is 426 g/mol. The molecule has 2 saturated carbocycles. The van der Waals surface area contributed by atoms with E-state index in [-0.39, 0.29) is 5.75 Å². The van der Waals surface area contributed by atoms with Gasteiger partial charge in [0.2, 0.25) is 5.82 Å². The fourth-order valence-electron chi connectivity index (χ4n) is 6.58. The first-order valence-corrected chi connectivity index (χ1v) is 14.1. The maximum Gasteiger partial charge on any atom is 0.201 e. The molecule has 0 spiro atoms. The Morgan fingerprint density at radius 2 is 1.44 bits per heavy atom. The summed E-state index contributed by atoms with van der Waals surface area (Å²) >= 11 is 0. The fraction of sp³-hybridized carbons (Fsp3) is 0.677. The molecule has 34 heavy (non-hydrogen) atoms. The lowest BCUT2D eigenvalue weighted by Gasteiger charge is -2.37. The van der Waals surface area contributed by atoms with Gasteiger partial charge in [-0.2, -0.15) is 4.39 Å². The van der Waals surface area contributed by atoms with Gasteiger partial charge in [-0.25, -0.2) is 4.39 Å². The van der Waals surface area contributed by atoms with E-state index in [1.54, 1.807) is 6.07 Å². The normalized spacial score (nSPS) is 25.5. The Bertz CT molecular complexity index is 907. The van der Waals surface area contributed by atoms with Crippen molar-refractivity contribution in [1.29, 1.82) is 0 Å². The van der Waals surface area contributed by atoms with Crippen molar-refractivity contribution in [1.82, 2.24) is 0 Å². The molecule has 0 unspecified atom stereocenters. The quantitative estimate of drug-likeness (QED) is 0.314. The molecule has 0 heterocycles. The van der Waals surface area contributed by atoms with Crippen molar-refractivity contribution in [2.45, 2.75) is 104 Å². The molecule has 0 aliphatic heterocycles. The van der Waals surface area contributed by atoms with Crippen LogP contribution in [0.25, 0.3) is 10.8 Å². The van der Waals surface area contributed by atoms with Crippen LogP contribution in [-0.2, 0) is 6.42 Å². The van der Waals surface area contributed by atoms with Gasteiger partial charge in [-0.1, -0.05) is 64.5 Å². The minimum atomic E-state index is -0.837. The van der Waals surface area contributed by atoms with Crippen molar-refractivity contribution >= 4 is 10.8 Å². The van der Waals surface area contributed by atoms with Gasteiger partial charge in [-0.05, 0) is 98.1 Å². The van der Waals surface area contributed by atoms with E-state index in [0.717, 1.165) is 67.2 Å². The Labute approximate surface area is 205 Å². The predicted molar refractivity (Wildman–Crippen MR) is 138 cm³/mol. The van der Waals surface area contributed by atoms with Crippen LogP contribution >= 0.6 is 0 Å². The van der Waals surface area contributed by atoms with E-state index in [1.165, 1.54) is 51.4 Å². The second kappa shape index (κ2) is 12.4. The molecule has 4 rings (SSSR count). The first-order valence-electron chi connectivity index (χ1n) is 14.1. The third-order valence-electron chi connectivity index (χ3n) is 8.74. The SMILES string of the molecule is CCCCCc1ccc2cc(OCC3CCC(C4CCC(CCC)CC4)CC3)c(F)c(F)c2c1.